The Morgan fingerprint density at radius 2 is 2.19 bits per heavy atom. The first-order valence-electron chi connectivity index (χ1n) is 5.15. The number of aromatic nitrogens is 1. The zero-order chi connectivity index (χ0) is 11.3. The van der Waals surface area contributed by atoms with E-state index in [0.29, 0.717) is 12.4 Å². The van der Waals surface area contributed by atoms with E-state index in [-0.39, 0.29) is 5.56 Å². The molecule has 3 heterocycles. The zero-order valence-corrected chi connectivity index (χ0v) is 8.41. The maximum Gasteiger partial charge on any atom is 0.254 e. The average molecular weight is 224 g/mol. The Bertz CT molecular complexity index is 472. The molecule has 6 heteroatoms. The molecular formula is C10H12N2O4. The van der Waals surface area contributed by atoms with Crippen LogP contribution in [0.3, 0.4) is 0 Å². The molecule has 0 aliphatic carbocycles. The van der Waals surface area contributed by atoms with E-state index in [2.05, 4.69) is 5.32 Å². The van der Waals surface area contributed by atoms with Gasteiger partial charge in [0.05, 0.1) is 0 Å². The summed E-state index contributed by atoms with van der Waals surface area (Å²) in [7, 11) is 0. The second-order valence-electron chi connectivity index (χ2n) is 4.05. The van der Waals surface area contributed by atoms with E-state index in [0.717, 1.165) is 0 Å². The zero-order valence-electron chi connectivity index (χ0n) is 8.41. The summed E-state index contributed by atoms with van der Waals surface area (Å²) in [6.45, 7) is 0.373. The van der Waals surface area contributed by atoms with Crippen LogP contribution in [0.5, 0.6) is 0 Å². The van der Waals surface area contributed by atoms with Gasteiger partial charge in [-0.05, 0) is 6.07 Å². The lowest BCUT2D eigenvalue weighted by molar-refractivity contribution is -0.0300. The molecule has 0 aromatic carbocycles. The molecule has 1 unspecified atom stereocenters. The van der Waals surface area contributed by atoms with Crippen molar-refractivity contribution in [3.8, 4) is 0 Å². The largest absolute Gasteiger partial charge is 0.387 e. The summed E-state index contributed by atoms with van der Waals surface area (Å²) in [6.07, 6.45) is -3.32. The molecule has 0 spiro atoms. The quantitative estimate of drug-likeness (QED) is 0.520. The Hall–Kier alpha value is -1.37. The van der Waals surface area contributed by atoms with Crippen molar-refractivity contribution in [3.63, 3.8) is 0 Å². The van der Waals surface area contributed by atoms with E-state index in [1.54, 1.807) is 12.1 Å². The monoisotopic (exact) mass is 224 g/mol. The van der Waals surface area contributed by atoms with Gasteiger partial charge in [-0.3, -0.25) is 9.36 Å². The molecule has 86 valence electrons. The molecule has 16 heavy (non-hydrogen) atoms. The topological polar surface area (TPSA) is 83.7 Å². The molecule has 3 N–H and O–H groups in total. The number of nitrogens with zero attached hydrogens (tertiary/aromatic N) is 1. The van der Waals surface area contributed by atoms with Crippen molar-refractivity contribution in [1.29, 1.82) is 0 Å². The Morgan fingerprint density at radius 3 is 3.00 bits per heavy atom. The highest BCUT2D eigenvalue weighted by molar-refractivity contribution is 5.37. The average Bonchev–Trinajstić information content (AvgIpc) is 2.49. The summed E-state index contributed by atoms with van der Waals surface area (Å²) >= 11 is 0. The van der Waals surface area contributed by atoms with E-state index in [4.69, 9.17) is 4.74 Å². The van der Waals surface area contributed by atoms with E-state index in [9.17, 15) is 15.0 Å². The summed E-state index contributed by atoms with van der Waals surface area (Å²) in [5, 5.41) is 22.5. The molecule has 4 atom stereocenters. The molecule has 2 aliphatic heterocycles. The molecule has 1 aromatic rings. The predicted molar refractivity (Wildman–Crippen MR) is 55.1 cm³/mol. The van der Waals surface area contributed by atoms with Crippen LogP contribution in [0, 0.1) is 0 Å². The number of hydrogen-bond acceptors (Lipinski definition) is 5. The number of anilines is 1. The van der Waals surface area contributed by atoms with Gasteiger partial charge in [-0.15, -0.1) is 0 Å². The van der Waals surface area contributed by atoms with Crippen LogP contribution in [0.2, 0.25) is 0 Å². The van der Waals surface area contributed by atoms with Crippen LogP contribution in [0.15, 0.2) is 23.0 Å². The van der Waals surface area contributed by atoms with Crippen molar-refractivity contribution >= 4 is 5.82 Å². The van der Waals surface area contributed by atoms with E-state index in [1.807, 2.05) is 0 Å². The summed E-state index contributed by atoms with van der Waals surface area (Å²) in [5.41, 5.74) is -0.260. The third-order valence-corrected chi connectivity index (χ3v) is 3.07. The lowest BCUT2D eigenvalue weighted by Crippen LogP contribution is -2.39. The van der Waals surface area contributed by atoms with Crippen LogP contribution >= 0.6 is 0 Å². The van der Waals surface area contributed by atoms with E-state index in [1.165, 1.54) is 10.6 Å². The van der Waals surface area contributed by atoms with Gasteiger partial charge in [0, 0.05) is 12.6 Å². The first kappa shape index (κ1) is 9.83. The molecule has 2 aliphatic rings. The van der Waals surface area contributed by atoms with Crippen LogP contribution in [-0.2, 0) is 4.74 Å². The van der Waals surface area contributed by atoms with Crippen LogP contribution in [0.1, 0.15) is 6.23 Å². The highest BCUT2D eigenvalue weighted by Gasteiger charge is 2.46. The first-order chi connectivity index (χ1) is 7.68. The lowest BCUT2D eigenvalue weighted by atomic mass is 10.1. The summed E-state index contributed by atoms with van der Waals surface area (Å²) in [4.78, 5) is 11.7. The fourth-order valence-corrected chi connectivity index (χ4v) is 2.22. The van der Waals surface area contributed by atoms with Crippen LogP contribution in [0.25, 0.3) is 0 Å². The summed E-state index contributed by atoms with van der Waals surface area (Å²) < 4.78 is 6.79. The van der Waals surface area contributed by atoms with Crippen molar-refractivity contribution in [2.24, 2.45) is 0 Å². The standard InChI is InChI=1S/C10H12N2O4/c13-7-3-1-2-6-11-4-5-8(14)9(15)10(16-5)12(6)7/h1-3,5,8-11,14-15H,4H2/t5-,8+,9?,10-/m1/s1. The number of nitrogens with one attached hydrogen (secondary N) is 1. The number of pyridine rings is 1. The molecular weight excluding hydrogens is 212 g/mol. The third-order valence-electron chi connectivity index (χ3n) is 3.07. The lowest BCUT2D eigenvalue weighted by Gasteiger charge is -2.21. The van der Waals surface area contributed by atoms with Crippen LogP contribution in [0.4, 0.5) is 5.82 Å². The minimum absolute atomic E-state index is 0.260. The van der Waals surface area contributed by atoms with Crippen molar-refractivity contribution in [3.05, 3.63) is 28.6 Å². The number of ether oxygens (including phenoxy) is 1. The van der Waals surface area contributed by atoms with Gasteiger partial charge >= 0.3 is 0 Å². The fourth-order valence-electron chi connectivity index (χ4n) is 2.22. The van der Waals surface area contributed by atoms with Crippen molar-refractivity contribution in [2.45, 2.75) is 24.5 Å². The molecule has 0 amide bonds. The highest BCUT2D eigenvalue weighted by atomic mass is 16.6. The maximum absolute atomic E-state index is 11.7. The summed E-state index contributed by atoms with van der Waals surface area (Å²) in [6, 6.07) is 4.78. The predicted octanol–water partition coefficient (Wildman–Crippen LogP) is -1.11. The first-order valence-corrected chi connectivity index (χ1v) is 5.15. The number of fused-ring (bicyclic) bond motifs is 4. The normalized spacial score (nSPS) is 36.4. The van der Waals surface area contributed by atoms with Gasteiger partial charge < -0.3 is 20.3 Å². The van der Waals surface area contributed by atoms with E-state index >= 15 is 0 Å². The van der Waals surface area contributed by atoms with Crippen molar-refractivity contribution < 1.29 is 14.9 Å². The molecule has 1 fully saturated rings. The Balaban J connectivity index is 2.16. The van der Waals surface area contributed by atoms with Gasteiger partial charge in [-0.25, -0.2) is 0 Å². The van der Waals surface area contributed by atoms with Gasteiger partial charge in [0.15, 0.2) is 6.23 Å². The number of rotatable bonds is 0. The molecule has 0 saturated carbocycles. The van der Waals surface area contributed by atoms with Gasteiger partial charge in [0.2, 0.25) is 0 Å². The molecule has 3 rings (SSSR count). The smallest absolute Gasteiger partial charge is 0.254 e. The Labute approximate surface area is 91.1 Å². The Kier molecular flexibility index (Phi) is 2.03. The molecule has 2 bridgehead atoms. The van der Waals surface area contributed by atoms with Gasteiger partial charge in [-0.2, -0.15) is 0 Å². The third kappa shape index (κ3) is 1.21. The maximum atomic E-state index is 11.7. The molecule has 1 aromatic heterocycles. The van der Waals surface area contributed by atoms with Crippen LogP contribution in [-0.4, -0.2) is 39.6 Å². The SMILES string of the molecule is O=c1cccc2n1[C@@H]1O[C@H](CN2)[C@H](O)C1O. The molecule has 1 saturated heterocycles. The minimum Gasteiger partial charge on any atom is -0.387 e. The van der Waals surface area contributed by atoms with Gasteiger partial charge in [0.25, 0.3) is 5.56 Å². The van der Waals surface area contributed by atoms with E-state index < -0.39 is 24.5 Å². The summed E-state index contributed by atoms with van der Waals surface area (Å²) in [5.74, 6) is 0.603. The number of hydrogen-bond donors (Lipinski definition) is 3. The second kappa shape index (κ2) is 3.31. The van der Waals surface area contributed by atoms with Crippen molar-refractivity contribution in [2.75, 3.05) is 11.9 Å². The highest BCUT2D eigenvalue weighted by Crippen LogP contribution is 2.32. The minimum atomic E-state index is -1.06. The Morgan fingerprint density at radius 1 is 1.38 bits per heavy atom. The molecule has 6 nitrogen and oxygen atoms in total. The fraction of sp³-hybridized carbons (Fsp3) is 0.500. The second-order valence-corrected chi connectivity index (χ2v) is 4.05. The number of aliphatic hydroxyl groups is 2. The van der Waals surface area contributed by atoms with Gasteiger partial charge in [0.1, 0.15) is 24.1 Å². The van der Waals surface area contributed by atoms with Gasteiger partial charge in [-0.1, -0.05) is 6.07 Å². The molecule has 0 radical (unpaired) electrons. The van der Waals surface area contributed by atoms with Crippen molar-refractivity contribution in [1.82, 2.24) is 4.57 Å². The number of aliphatic hydroxyl groups excluding tert-OH is 2. The van der Waals surface area contributed by atoms with Crippen LogP contribution < -0.4 is 10.9 Å².